The van der Waals surface area contributed by atoms with Gasteiger partial charge in [0.05, 0.1) is 6.61 Å². The summed E-state index contributed by atoms with van der Waals surface area (Å²) < 4.78 is 32.1. The van der Waals surface area contributed by atoms with Crippen LogP contribution in [-0.2, 0) is 4.74 Å². The Hall–Kier alpha value is -1.43. The number of hydrogen-bond donors (Lipinski definition) is 2. The van der Waals surface area contributed by atoms with Gasteiger partial charge in [0.2, 0.25) is 0 Å². The molecular formula is C12H17F2N3O. The Morgan fingerprint density at radius 3 is 2.72 bits per heavy atom. The lowest BCUT2D eigenvalue weighted by molar-refractivity contribution is 0.183. The maximum Gasteiger partial charge on any atom is 0.168 e. The summed E-state index contributed by atoms with van der Waals surface area (Å²) in [6.45, 7) is 3.34. The van der Waals surface area contributed by atoms with Crippen LogP contribution >= 0.6 is 0 Å². The first-order chi connectivity index (χ1) is 8.61. The van der Waals surface area contributed by atoms with Crippen LogP contribution < -0.4 is 10.6 Å². The summed E-state index contributed by atoms with van der Waals surface area (Å²) in [7, 11) is 1.54. The van der Waals surface area contributed by atoms with Crippen molar-refractivity contribution < 1.29 is 13.5 Å². The highest BCUT2D eigenvalue weighted by atomic mass is 19.1. The predicted molar refractivity (Wildman–Crippen MR) is 65.7 cm³/mol. The summed E-state index contributed by atoms with van der Waals surface area (Å²) in [5.74, 6) is -0.946. The molecule has 4 nitrogen and oxygen atoms in total. The Kier molecular flexibility index (Phi) is 3.96. The lowest BCUT2D eigenvalue weighted by Crippen LogP contribution is -2.27. The number of aromatic nitrogens is 1. The second-order valence-electron chi connectivity index (χ2n) is 4.46. The molecule has 1 saturated heterocycles. The van der Waals surface area contributed by atoms with Crippen molar-refractivity contribution in [3.8, 4) is 0 Å². The third-order valence-electron chi connectivity index (χ3n) is 3.20. The second kappa shape index (κ2) is 5.48. The van der Waals surface area contributed by atoms with Gasteiger partial charge in [-0.1, -0.05) is 0 Å². The van der Waals surface area contributed by atoms with Crippen LogP contribution in [0.25, 0.3) is 0 Å². The molecule has 100 valence electrons. The van der Waals surface area contributed by atoms with Crippen molar-refractivity contribution in [2.45, 2.75) is 19.4 Å². The second-order valence-corrected chi connectivity index (χ2v) is 4.46. The molecule has 2 atom stereocenters. The van der Waals surface area contributed by atoms with Crippen LogP contribution in [0.4, 0.5) is 20.4 Å². The quantitative estimate of drug-likeness (QED) is 0.868. The van der Waals surface area contributed by atoms with E-state index in [1.807, 2.05) is 6.92 Å². The minimum Gasteiger partial charge on any atom is -0.381 e. The molecule has 1 fully saturated rings. The number of nitrogens with one attached hydrogen (secondary N) is 2. The SMILES string of the molecule is CNc1nc(NC(C)C2CCOC2)c(F)cc1F. The summed E-state index contributed by atoms with van der Waals surface area (Å²) >= 11 is 0. The molecule has 18 heavy (non-hydrogen) atoms. The zero-order valence-electron chi connectivity index (χ0n) is 10.5. The number of hydrogen-bond acceptors (Lipinski definition) is 4. The van der Waals surface area contributed by atoms with Crippen molar-refractivity contribution in [1.82, 2.24) is 4.98 Å². The van der Waals surface area contributed by atoms with Gasteiger partial charge in [-0.2, -0.15) is 0 Å². The third kappa shape index (κ3) is 2.69. The Labute approximate surface area is 105 Å². The van der Waals surface area contributed by atoms with Crippen LogP contribution in [0.3, 0.4) is 0 Å². The molecule has 2 unspecified atom stereocenters. The molecule has 0 aliphatic carbocycles. The first-order valence-corrected chi connectivity index (χ1v) is 6.00. The summed E-state index contributed by atoms with van der Waals surface area (Å²) in [6, 6.07) is 0.864. The Morgan fingerprint density at radius 2 is 2.11 bits per heavy atom. The molecule has 1 aliphatic heterocycles. The fourth-order valence-corrected chi connectivity index (χ4v) is 2.02. The van der Waals surface area contributed by atoms with Crippen LogP contribution in [0.2, 0.25) is 0 Å². The van der Waals surface area contributed by atoms with E-state index in [2.05, 4.69) is 15.6 Å². The van der Waals surface area contributed by atoms with E-state index in [-0.39, 0.29) is 17.7 Å². The van der Waals surface area contributed by atoms with E-state index >= 15 is 0 Å². The molecule has 0 amide bonds. The van der Waals surface area contributed by atoms with E-state index in [1.54, 1.807) is 7.05 Å². The van der Waals surface area contributed by atoms with Crippen LogP contribution in [0.1, 0.15) is 13.3 Å². The van der Waals surface area contributed by atoms with Gasteiger partial charge in [0, 0.05) is 31.7 Å². The van der Waals surface area contributed by atoms with Crippen molar-refractivity contribution in [2.24, 2.45) is 5.92 Å². The van der Waals surface area contributed by atoms with E-state index in [4.69, 9.17) is 4.74 Å². The Morgan fingerprint density at radius 1 is 1.39 bits per heavy atom. The monoisotopic (exact) mass is 257 g/mol. The van der Waals surface area contributed by atoms with Gasteiger partial charge >= 0.3 is 0 Å². The van der Waals surface area contributed by atoms with Gasteiger partial charge in [-0.3, -0.25) is 0 Å². The summed E-state index contributed by atoms with van der Waals surface area (Å²) in [4.78, 5) is 3.89. The van der Waals surface area contributed by atoms with E-state index in [9.17, 15) is 8.78 Å². The highest BCUT2D eigenvalue weighted by Crippen LogP contribution is 2.23. The van der Waals surface area contributed by atoms with Gasteiger partial charge in [0.15, 0.2) is 23.3 Å². The first kappa shape index (κ1) is 13.0. The van der Waals surface area contributed by atoms with Crippen LogP contribution in [0, 0.1) is 17.6 Å². The maximum absolute atomic E-state index is 13.6. The zero-order valence-corrected chi connectivity index (χ0v) is 10.5. The summed E-state index contributed by atoms with van der Waals surface area (Å²) in [6.07, 6.45) is 0.940. The number of anilines is 2. The molecule has 1 aliphatic rings. The van der Waals surface area contributed by atoms with Gasteiger partial charge in [-0.05, 0) is 13.3 Å². The summed E-state index contributed by atoms with van der Waals surface area (Å²) in [5, 5.41) is 5.57. The Bertz CT molecular complexity index is 422. The molecule has 0 saturated carbocycles. The molecule has 2 rings (SSSR count). The molecule has 2 heterocycles. The maximum atomic E-state index is 13.6. The number of pyridine rings is 1. The molecule has 2 N–H and O–H groups in total. The Balaban J connectivity index is 2.12. The number of nitrogens with zero attached hydrogens (tertiary/aromatic N) is 1. The molecule has 1 aromatic rings. The fraction of sp³-hybridized carbons (Fsp3) is 0.583. The van der Waals surface area contributed by atoms with Crippen LogP contribution in [-0.4, -0.2) is 31.3 Å². The normalized spacial score (nSPS) is 20.8. The minimum atomic E-state index is -0.697. The van der Waals surface area contributed by atoms with Gasteiger partial charge in [-0.15, -0.1) is 0 Å². The smallest absolute Gasteiger partial charge is 0.168 e. The molecule has 6 heteroatoms. The highest BCUT2D eigenvalue weighted by molar-refractivity contribution is 5.47. The summed E-state index contributed by atoms with van der Waals surface area (Å²) in [5.41, 5.74) is 0. The van der Waals surface area contributed by atoms with Crippen molar-refractivity contribution in [3.63, 3.8) is 0 Å². The molecule has 0 radical (unpaired) electrons. The lowest BCUT2D eigenvalue weighted by atomic mass is 10.0. The van der Waals surface area contributed by atoms with Crippen molar-refractivity contribution in [1.29, 1.82) is 0 Å². The van der Waals surface area contributed by atoms with Crippen molar-refractivity contribution in [3.05, 3.63) is 17.7 Å². The zero-order chi connectivity index (χ0) is 13.1. The van der Waals surface area contributed by atoms with Gasteiger partial charge in [0.25, 0.3) is 0 Å². The van der Waals surface area contributed by atoms with Crippen molar-refractivity contribution >= 4 is 11.6 Å². The highest BCUT2D eigenvalue weighted by Gasteiger charge is 2.23. The van der Waals surface area contributed by atoms with E-state index in [1.165, 1.54) is 0 Å². The molecular weight excluding hydrogens is 240 g/mol. The van der Waals surface area contributed by atoms with E-state index in [0.29, 0.717) is 12.5 Å². The average molecular weight is 257 g/mol. The molecule has 0 aromatic carbocycles. The average Bonchev–Trinajstić information content (AvgIpc) is 2.86. The van der Waals surface area contributed by atoms with Crippen LogP contribution in [0.15, 0.2) is 6.07 Å². The minimum absolute atomic E-state index is 0.0321. The molecule has 0 spiro atoms. The number of rotatable bonds is 4. The van der Waals surface area contributed by atoms with Gasteiger partial charge in [0.1, 0.15) is 0 Å². The van der Waals surface area contributed by atoms with Gasteiger partial charge < -0.3 is 15.4 Å². The molecule has 0 bridgehead atoms. The van der Waals surface area contributed by atoms with E-state index < -0.39 is 11.6 Å². The largest absolute Gasteiger partial charge is 0.381 e. The predicted octanol–water partition coefficient (Wildman–Crippen LogP) is 2.24. The number of halogens is 2. The van der Waals surface area contributed by atoms with E-state index in [0.717, 1.165) is 19.1 Å². The van der Waals surface area contributed by atoms with Crippen LogP contribution in [0.5, 0.6) is 0 Å². The molecule has 1 aromatic heterocycles. The fourth-order valence-electron chi connectivity index (χ4n) is 2.02. The lowest BCUT2D eigenvalue weighted by Gasteiger charge is -2.20. The van der Waals surface area contributed by atoms with Crippen molar-refractivity contribution in [2.75, 3.05) is 30.9 Å². The number of ether oxygens (including phenoxy) is 1. The third-order valence-corrected chi connectivity index (χ3v) is 3.20. The topological polar surface area (TPSA) is 46.2 Å². The first-order valence-electron chi connectivity index (χ1n) is 6.00. The van der Waals surface area contributed by atoms with Gasteiger partial charge in [-0.25, -0.2) is 13.8 Å². The standard InChI is InChI=1S/C12H17F2N3O/c1-7(8-3-4-18-6-8)16-12-10(14)5-9(13)11(15-2)17-12/h5,7-8H,3-4,6H2,1-2H3,(H2,15,16,17).